The number of hydrazone groups is 1. The van der Waals surface area contributed by atoms with Crippen molar-refractivity contribution >= 4 is 43.8 Å². The van der Waals surface area contributed by atoms with E-state index in [2.05, 4.69) is 26.5 Å². The molecule has 0 saturated heterocycles. The van der Waals surface area contributed by atoms with E-state index in [-0.39, 0.29) is 17.4 Å². The summed E-state index contributed by atoms with van der Waals surface area (Å²) >= 11 is 3.41. The van der Waals surface area contributed by atoms with Crippen LogP contribution in [0.15, 0.2) is 81.2 Å². The fourth-order valence-electron chi connectivity index (χ4n) is 3.17. The minimum Gasteiger partial charge on any atom is -0.497 e. The Morgan fingerprint density at radius 3 is 2.59 bits per heavy atom. The molecule has 0 atom stereocenters. The van der Waals surface area contributed by atoms with E-state index in [4.69, 9.17) is 14.2 Å². The smallest absolute Gasteiger partial charge is 0.264 e. The first-order valence-corrected chi connectivity index (χ1v) is 12.2. The standard InChI is InChI=1S/C23H20BrN3O6S/c1-31-18-7-5-6-17(11-18)27(34(29,30)19-8-3-2-4-9-19)14-23(28)26-25-13-16-10-21-22(12-20(16)24)33-15-32-21/h2-13H,14-15H2,1H3,(H,26,28)/b25-13-. The molecule has 1 N–H and O–H groups in total. The average molecular weight is 546 g/mol. The number of sulfonamides is 1. The molecule has 0 saturated carbocycles. The molecule has 1 amide bonds. The van der Waals surface area contributed by atoms with Gasteiger partial charge in [0, 0.05) is 16.1 Å². The maximum absolute atomic E-state index is 13.4. The van der Waals surface area contributed by atoms with Crippen LogP contribution in [0.4, 0.5) is 5.69 Å². The molecule has 0 bridgehead atoms. The van der Waals surface area contributed by atoms with Gasteiger partial charge in [-0.3, -0.25) is 9.10 Å². The van der Waals surface area contributed by atoms with Crippen molar-refractivity contribution < 1.29 is 27.4 Å². The highest BCUT2D eigenvalue weighted by Crippen LogP contribution is 2.36. The topological polar surface area (TPSA) is 107 Å². The molecule has 1 heterocycles. The van der Waals surface area contributed by atoms with Crippen LogP contribution in [0, 0.1) is 0 Å². The van der Waals surface area contributed by atoms with Crippen LogP contribution in [-0.4, -0.2) is 41.0 Å². The van der Waals surface area contributed by atoms with Gasteiger partial charge in [-0.05, 0) is 52.3 Å². The van der Waals surface area contributed by atoms with Gasteiger partial charge >= 0.3 is 0 Å². The van der Waals surface area contributed by atoms with Gasteiger partial charge in [-0.2, -0.15) is 5.10 Å². The van der Waals surface area contributed by atoms with Crippen LogP contribution in [-0.2, 0) is 14.8 Å². The van der Waals surface area contributed by atoms with Gasteiger partial charge in [0.15, 0.2) is 11.5 Å². The monoisotopic (exact) mass is 545 g/mol. The van der Waals surface area contributed by atoms with Crippen LogP contribution in [0.3, 0.4) is 0 Å². The van der Waals surface area contributed by atoms with E-state index < -0.39 is 22.5 Å². The Labute approximate surface area is 205 Å². The fraction of sp³-hybridized carbons (Fsp3) is 0.130. The Kier molecular flexibility index (Phi) is 7.03. The van der Waals surface area contributed by atoms with E-state index in [9.17, 15) is 13.2 Å². The van der Waals surface area contributed by atoms with E-state index in [1.807, 2.05) is 0 Å². The summed E-state index contributed by atoms with van der Waals surface area (Å²) in [5, 5.41) is 3.97. The predicted octanol–water partition coefficient (Wildman–Crippen LogP) is 3.53. The van der Waals surface area contributed by atoms with E-state index in [0.29, 0.717) is 27.3 Å². The number of ether oxygens (including phenoxy) is 3. The molecule has 3 aromatic rings. The van der Waals surface area contributed by atoms with Gasteiger partial charge < -0.3 is 14.2 Å². The van der Waals surface area contributed by atoms with Gasteiger partial charge in [-0.1, -0.05) is 24.3 Å². The molecule has 4 rings (SSSR count). The number of benzene rings is 3. The molecular weight excluding hydrogens is 526 g/mol. The van der Waals surface area contributed by atoms with Gasteiger partial charge in [0.05, 0.1) is 23.9 Å². The molecule has 1 aliphatic rings. The van der Waals surface area contributed by atoms with E-state index in [1.165, 1.54) is 25.5 Å². The lowest BCUT2D eigenvalue weighted by molar-refractivity contribution is -0.119. The zero-order chi connectivity index (χ0) is 24.1. The first-order valence-electron chi connectivity index (χ1n) is 10.0. The van der Waals surface area contributed by atoms with Gasteiger partial charge in [-0.15, -0.1) is 0 Å². The third-order valence-corrected chi connectivity index (χ3v) is 7.32. The lowest BCUT2D eigenvalue weighted by Gasteiger charge is -2.24. The largest absolute Gasteiger partial charge is 0.497 e. The third-order valence-electron chi connectivity index (χ3n) is 4.84. The van der Waals surface area contributed by atoms with Crippen molar-refractivity contribution in [2.24, 2.45) is 5.10 Å². The van der Waals surface area contributed by atoms with Gasteiger partial charge in [0.25, 0.3) is 15.9 Å². The summed E-state index contributed by atoms with van der Waals surface area (Å²) in [6.07, 6.45) is 1.42. The quantitative estimate of drug-likeness (QED) is 0.342. The average Bonchev–Trinajstić information content (AvgIpc) is 3.30. The number of methoxy groups -OCH3 is 1. The Morgan fingerprint density at radius 2 is 1.85 bits per heavy atom. The van der Waals surface area contributed by atoms with E-state index in [0.717, 1.165) is 4.31 Å². The van der Waals surface area contributed by atoms with Crippen molar-refractivity contribution in [1.82, 2.24) is 5.43 Å². The lowest BCUT2D eigenvalue weighted by Crippen LogP contribution is -2.39. The zero-order valence-electron chi connectivity index (χ0n) is 18.0. The first kappa shape index (κ1) is 23.6. The molecule has 11 heteroatoms. The fourth-order valence-corrected chi connectivity index (χ4v) is 5.03. The second kappa shape index (κ2) is 10.1. The highest BCUT2D eigenvalue weighted by atomic mass is 79.9. The molecule has 0 aliphatic carbocycles. The predicted molar refractivity (Wildman–Crippen MR) is 130 cm³/mol. The molecule has 1 aliphatic heterocycles. The number of amides is 1. The van der Waals surface area contributed by atoms with E-state index in [1.54, 1.807) is 54.6 Å². The van der Waals surface area contributed by atoms with Crippen molar-refractivity contribution in [3.05, 3.63) is 76.8 Å². The second-order valence-corrected chi connectivity index (χ2v) is 9.76. The Hall–Kier alpha value is -3.57. The SMILES string of the molecule is COc1cccc(N(CC(=O)N/N=C\c2cc3c(cc2Br)OCO3)S(=O)(=O)c2ccccc2)c1. The summed E-state index contributed by atoms with van der Waals surface area (Å²) in [6, 6.07) is 17.8. The van der Waals surface area contributed by atoms with E-state index >= 15 is 0 Å². The Bertz CT molecular complexity index is 1330. The van der Waals surface area contributed by atoms with Crippen LogP contribution in [0.5, 0.6) is 17.2 Å². The van der Waals surface area contributed by atoms with Gasteiger partial charge in [0.1, 0.15) is 12.3 Å². The number of anilines is 1. The number of nitrogens with zero attached hydrogens (tertiary/aromatic N) is 2. The number of halogens is 1. The molecule has 0 unspecified atom stereocenters. The van der Waals surface area contributed by atoms with Crippen LogP contribution in [0.1, 0.15) is 5.56 Å². The third kappa shape index (κ3) is 5.15. The number of rotatable bonds is 8. The molecule has 0 aromatic heterocycles. The zero-order valence-corrected chi connectivity index (χ0v) is 20.4. The maximum atomic E-state index is 13.4. The summed E-state index contributed by atoms with van der Waals surface area (Å²) < 4.78 is 44.3. The summed E-state index contributed by atoms with van der Waals surface area (Å²) in [5.74, 6) is 0.995. The summed E-state index contributed by atoms with van der Waals surface area (Å²) in [7, 11) is -2.56. The van der Waals surface area contributed by atoms with Crippen molar-refractivity contribution in [1.29, 1.82) is 0 Å². The number of nitrogens with one attached hydrogen (secondary N) is 1. The Balaban J connectivity index is 1.55. The molecule has 34 heavy (non-hydrogen) atoms. The van der Waals surface area contributed by atoms with Gasteiger partial charge in [0.2, 0.25) is 6.79 Å². The number of carbonyl (C=O) groups is 1. The van der Waals surface area contributed by atoms with Crippen LogP contribution in [0.2, 0.25) is 0 Å². The lowest BCUT2D eigenvalue weighted by atomic mass is 10.2. The molecule has 0 spiro atoms. The molecule has 0 fully saturated rings. The molecular formula is C23H20BrN3O6S. The van der Waals surface area contributed by atoms with Crippen molar-refractivity contribution in [2.75, 3.05) is 24.8 Å². The van der Waals surface area contributed by atoms with Crippen LogP contribution in [0.25, 0.3) is 0 Å². The molecule has 9 nitrogen and oxygen atoms in total. The van der Waals surface area contributed by atoms with Gasteiger partial charge in [-0.25, -0.2) is 13.8 Å². The number of carbonyl (C=O) groups excluding carboxylic acids is 1. The van der Waals surface area contributed by atoms with Crippen molar-refractivity contribution in [3.63, 3.8) is 0 Å². The highest BCUT2D eigenvalue weighted by molar-refractivity contribution is 9.10. The molecule has 0 radical (unpaired) electrons. The minimum atomic E-state index is -4.04. The van der Waals surface area contributed by atoms with Crippen LogP contribution < -0.4 is 23.9 Å². The summed E-state index contributed by atoms with van der Waals surface area (Å²) in [5.41, 5.74) is 3.30. The summed E-state index contributed by atoms with van der Waals surface area (Å²) in [6.45, 7) is -0.362. The minimum absolute atomic E-state index is 0.0541. The normalized spacial score (nSPS) is 12.5. The molecule has 3 aromatic carbocycles. The highest BCUT2D eigenvalue weighted by Gasteiger charge is 2.27. The summed E-state index contributed by atoms with van der Waals surface area (Å²) in [4.78, 5) is 12.8. The number of hydrogen-bond acceptors (Lipinski definition) is 7. The molecule has 176 valence electrons. The van der Waals surface area contributed by atoms with Crippen molar-refractivity contribution in [3.8, 4) is 17.2 Å². The second-order valence-electron chi connectivity index (χ2n) is 7.05. The van der Waals surface area contributed by atoms with Crippen LogP contribution >= 0.6 is 15.9 Å². The number of hydrogen-bond donors (Lipinski definition) is 1. The van der Waals surface area contributed by atoms with Crippen molar-refractivity contribution in [2.45, 2.75) is 4.90 Å². The maximum Gasteiger partial charge on any atom is 0.264 e. The number of fused-ring (bicyclic) bond motifs is 1. The first-order chi connectivity index (χ1) is 16.4. The Morgan fingerprint density at radius 1 is 1.12 bits per heavy atom.